The predicted molar refractivity (Wildman–Crippen MR) is 84.3 cm³/mol. The molecule has 0 bridgehead atoms. The number of benzene rings is 1. The molecule has 5 nitrogen and oxygen atoms in total. The van der Waals surface area contributed by atoms with Gasteiger partial charge in [0.1, 0.15) is 17.1 Å². The number of aliphatic carboxylic acids is 1. The highest BCUT2D eigenvalue weighted by atomic mass is 32.2. The number of carbonyl (C=O) groups is 1. The minimum atomic E-state index is -1.69. The molecule has 1 unspecified atom stereocenters. The first kappa shape index (κ1) is 16.5. The van der Waals surface area contributed by atoms with E-state index in [1.165, 1.54) is 0 Å². The van der Waals surface area contributed by atoms with Crippen molar-refractivity contribution in [1.82, 2.24) is 5.32 Å². The third-order valence-corrected chi connectivity index (χ3v) is 5.71. The number of hydrogen-bond acceptors (Lipinski definition) is 4. The normalized spacial score (nSPS) is 17.9. The van der Waals surface area contributed by atoms with Crippen molar-refractivity contribution in [2.75, 3.05) is 19.7 Å². The lowest BCUT2D eigenvalue weighted by molar-refractivity contribution is -0.140. The van der Waals surface area contributed by atoms with Crippen molar-refractivity contribution in [3.05, 3.63) is 24.3 Å². The molecule has 1 aliphatic rings. The Hall–Kier alpha value is -1.84. The number of hydrogen-bond donors (Lipinski definition) is 2. The van der Waals surface area contributed by atoms with Gasteiger partial charge in [-0.15, -0.1) is 5.92 Å². The Morgan fingerprint density at radius 1 is 1.41 bits per heavy atom. The zero-order valence-corrected chi connectivity index (χ0v) is 13.2. The van der Waals surface area contributed by atoms with Crippen LogP contribution in [0.25, 0.3) is 0 Å². The van der Waals surface area contributed by atoms with Crippen LogP contribution >= 0.6 is 0 Å². The van der Waals surface area contributed by atoms with E-state index in [1.54, 1.807) is 31.2 Å². The van der Waals surface area contributed by atoms with Crippen molar-refractivity contribution in [3.8, 4) is 17.6 Å². The first-order valence-electron chi connectivity index (χ1n) is 7.09. The highest BCUT2D eigenvalue weighted by molar-refractivity contribution is 7.87. The van der Waals surface area contributed by atoms with Gasteiger partial charge < -0.3 is 15.2 Å². The minimum absolute atomic E-state index is 0.187. The van der Waals surface area contributed by atoms with E-state index in [-0.39, 0.29) is 6.61 Å². The minimum Gasteiger partial charge on any atom is -0.480 e. The van der Waals surface area contributed by atoms with Crippen molar-refractivity contribution in [2.24, 2.45) is 0 Å². The summed E-state index contributed by atoms with van der Waals surface area (Å²) in [7, 11) is -1.69. The van der Waals surface area contributed by atoms with Crippen LogP contribution in [0.3, 0.4) is 0 Å². The fourth-order valence-electron chi connectivity index (χ4n) is 2.43. The van der Waals surface area contributed by atoms with E-state index < -0.39 is 21.5 Å². The van der Waals surface area contributed by atoms with Crippen LogP contribution in [-0.4, -0.2) is 39.7 Å². The van der Waals surface area contributed by atoms with Crippen LogP contribution < -0.4 is 10.1 Å². The van der Waals surface area contributed by atoms with E-state index >= 15 is 0 Å². The molecule has 1 saturated heterocycles. The molecule has 1 aromatic carbocycles. The second-order valence-corrected chi connectivity index (χ2v) is 6.74. The summed E-state index contributed by atoms with van der Waals surface area (Å²) in [5.74, 6) is 4.91. The van der Waals surface area contributed by atoms with E-state index in [2.05, 4.69) is 17.2 Å². The zero-order chi connectivity index (χ0) is 16.0. The second-order valence-electron chi connectivity index (χ2n) is 4.98. The molecule has 0 saturated carbocycles. The van der Waals surface area contributed by atoms with Gasteiger partial charge in [0.25, 0.3) is 0 Å². The average molecular weight is 321 g/mol. The highest BCUT2D eigenvalue weighted by Gasteiger charge is 2.46. The lowest BCUT2D eigenvalue weighted by Crippen LogP contribution is -2.50. The smallest absolute Gasteiger partial charge is 0.322 e. The number of piperidine rings is 1. The Morgan fingerprint density at radius 3 is 2.73 bits per heavy atom. The average Bonchev–Trinajstić information content (AvgIpc) is 2.55. The Labute approximate surface area is 132 Å². The quantitative estimate of drug-likeness (QED) is 0.802. The number of carboxylic acids is 1. The first-order valence-corrected chi connectivity index (χ1v) is 8.24. The highest BCUT2D eigenvalue weighted by Crippen LogP contribution is 2.34. The summed E-state index contributed by atoms with van der Waals surface area (Å²) in [6.45, 7) is 2.99. The van der Waals surface area contributed by atoms with E-state index in [1.807, 2.05) is 0 Å². The maximum Gasteiger partial charge on any atom is 0.322 e. The van der Waals surface area contributed by atoms with E-state index in [0.29, 0.717) is 36.6 Å². The van der Waals surface area contributed by atoms with E-state index in [4.69, 9.17) is 4.74 Å². The third-order valence-electron chi connectivity index (χ3n) is 3.68. The van der Waals surface area contributed by atoms with Crippen LogP contribution in [0, 0.1) is 11.8 Å². The SMILES string of the molecule is CC#CCOc1ccccc1S(=O)C1(C(=O)O)CCNCC1. The molecule has 1 aromatic rings. The van der Waals surface area contributed by atoms with Crippen molar-refractivity contribution in [2.45, 2.75) is 29.4 Å². The molecule has 1 aliphatic heterocycles. The summed E-state index contributed by atoms with van der Waals surface area (Å²) in [6, 6.07) is 6.87. The fraction of sp³-hybridized carbons (Fsp3) is 0.438. The molecule has 0 spiro atoms. The maximum atomic E-state index is 13.0. The molecule has 2 N–H and O–H groups in total. The first-order chi connectivity index (χ1) is 10.6. The second kappa shape index (κ2) is 7.43. The number of nitrogens with one attached hydrogen (secondary N) is 1. The van der Waals surface area contributed by atoms with Gasteiger partial charge in [0.05, 0.1) is 15.7 Å². The third kappa shape index (κ3) is 3.32. The molecule has 0 aromatic heterocycles. The van der Waals surface area contributed by atoms with Crippen molar-refractivity contribution < 1.29 is 18.8 Å². The largest absolute Gasteiger partial charge is 0.480 e. The summed E-state index contributed by atoms with van der Waals surface area (Å²) in [5, 5.41) is 12.8. The molecule has 22 heavy (non-hydrogen) atoms. The Kier molecular flexibility index (Phi) is 5.58. The van der Waals surface area contributed by atoms with Gasteiger partial charge in [-0.05, 0) is 45.0 Å². The zero-order valence-electron chi connectivity index (χ0n) is 12.4. The van der Waals surface area contributed by atoms with Crippen LogP contribution in [0.1, 0.15) is 19.8 Å². The van der Waals surface area contributed by atoms with Gasteiger partial charge in [0.2, 0.25) is 0 Å². The van der Waals surface area contributed by atoms with Gasteiger partial charge in [-0.2, -0.15) is 0 Å². The molecule has 118 valence electrons. The van der Waals surface area contributed by atoms with Gasteiger partial charge in [0.15, 0.2) is 0 Å². The summed E-state index contributed by atoms with van der Waals surface area (Å²) in [6.07, 6.45) is 0.663. The van der Waals surface area contributed by atoms with Gasteiger partial charge in [0, 0.05) is 0 Å². The molecule has 1 atom stereocenters. The molecule has 1 heterocycles. The topological polar surface area (TPSA) is 75.6 Å². The molecular formula is C16H19NO4S. The standard InChI is InChI=1S/C16H19NO4S/c1-2-3-12-21-13-6-4-5-7-14(13)22(20)16(15(18)19)8-10-17-11-9-16/h4-7,17H,8-12H2,1H3,(H,18,19). The van der Waals surface area contributed by atoms with Crippen LogP contribution in [-0.2, 0) is 15.6 Å². The number of ether oxygens (including phenoxy) is 1. The monoisotopic (exact) mass is 321 g/mol. The van der Waals surface area contributed by atoms with Crippen LogP contribution in [0.15, 0.2) is 29.2 Å². The number of carboxylic acid groups (broad SMARTS) is 1. The Bertz CT molecular complexity index is 627. The summed E-state index contributed by atoms with van der Waals surface area (Å²) >= 11 is 0. The Balaban J connectivity index is 2.34. The van der Waals surface area contributed by atoms with Crippen molar-refractivity contribution in [1.29, 1.82) is 0 Å². The van der Waals surface area contributed by atoms with Gasteiger partial charge in [-0.25, -0.2) is 0 Å². The molecule has 2 rings (SSSR count). The summed E-state index contributed by atoms with van der Waals surface area (Å²) in [5.41, 5.74) is 0. The van der Waals surface area contributed by atoms with Crippen molar-refractivity contribution >= 4 is 16.8 Å². The van der Waals surface area contributed by atoms with Crippen molar-refractivity contribution in [3.63, 3.8) is 0 Å². The van der Waals surface area contributed by atoms with E-state index in [9.17, 15) is 14.1 Å². The maximum absolute atomic E-state index is 13.0. The number of para-hydroxylation sites is 1. The fourth-order valence-corrected chi connectivity index (χ4v) is 4.09. The molecule has 0 radical (unpaired) electrons. The van der Waals surface area contributed by atoms with Crippen LogP contribution in [0.2, 0.25) is 0 Å². The van der Waals surface area contributed by atoms with Crippen LogP contribution in [0.4, 0.5) is 0 Å². The van der Waals surface area contributed by atoms with Gasteiger partial charge in [-0.3, -0.25) is 9.00 Å². The molecule has 1 fully saturated rings. The molecule has 6 heteroatoms. The van der Waals surface area contributed by atoms with Gasteiger partial charge in [-0.1, -0.05) is 18.1 Å². The Morgan fingerprint density at radius 2 is 2.09 bits per heavy atom. The van der Waals surface area contributed by atoms with E-state index in [0.717, 1.165) is 0 Å². The lowest BCUT2D eigenvalue weighted by atomic mass is 9.97. The van der Waals surface area contributed by atoms with Crippen LogP contribution in [0.5, 0.6) is 5.75 Å². The molecule has 0 amide bonds. The predicted octanol–water partition coefficient (Wildman–Crippen LogP) is 1.40. The lowest BCUT2D eigenvalue weighted by Gasteiger charge is -2.32. The summed E-state index contributed by atoms with van der Waals surface area (Å²) < 4.78 is 17.3. The molecule has 0 aliphatic carbocycles. The number of rotatable bonds is 5. The molecular weight excluding hydrogens is 302 g/mol. The van der Waals surface area contributed by atoms with Gasteiger partial charge >= 0.3 is 5.97 Å². The summed E-state index contributed by atoms with van der Waals surface area (Å²) in [4.78, 5) is 12.2.